The maximum absolute atomic E-state index is 12.0. The lowest BCUT2D eigenvalue weighted by Gasteiger charge is -2.22. The summed E-state index contributed by atoms with van der Waals surface area (Å²) in [5, 5.41) is 3.38. The van der Waals surface area contributed by atoms with Crippen molar-refractivity contribution in [1.29, 1.82) is 0 Å². The van der Waals surface area contributed by atoms with Gasteiger partial charge in [0.1, 0.15) is 0 Å². The van der Waals surface area contributed by atoms with Crippen molar-refractivity contribution in [3.63, 3.8) is 0 Å². The minimum Gasteiger partial charge on any atom is -0.342 e. The highest BCUT2D eigenvalue weighted by Gasteiger charge is 2.13. The Balaban J connectivity index is 2.60. The van der Waals surface area contributed by atoms with Crippen LogP contribution in [0.1, 0.15) is 51.3 Å². The quantitative estimate of drug-likeness (QED) is 0.791. The summed E-state index contributed by atoms with van der Waals surface area (Å²) in [6.07, 6.45) is 2.04. The van der Waals surface area contributed by atoms with E-state index in [-0.39, 0.29) is 11.9 Å². The van der Waals surface area contributed by atoms with Crippen LogP contribution in [0, 0.1) is 0 Å². The van der Waals surface area contributed by atoms with Crippen molar-refractivity contribution in [2.24, 2.45) is 0 Å². The first-order valence-electron chi connectivity index (χ1n) is 7.76. The summed E-state index contributed by atoms with van der Waals surface area (Å²) >= 11 is 0. The second kappa shape index (κ2) is 8.75. The molecule has 0 spiro atoms. The SMILES string of the molecule is CCc1ccc(C(CC)NCC(=O)N(CC)CC)cc1. The predicted octanol–water partition coefficient (Wildman–Crippen LogP) is 3.16. The molecule has 0 saturated carbocycles. The average molecular weight is 276 g/mol. The highest BCUT2D eigenvalue weighted by molar-refractivity contribution is 5.78. The Hall–Kier alpha value is -1.35. The fraction of sp³-hybridized carbons (Fsp3) is 0.588. The summed E-state index contributed by atoms with van der Waals surface area (Å²) in [4.78, 5) is 13.9. The smallest absolute Gasteiger partial charge is 0.236 e. The van der Waals surface area contributed by atoms with Crippen molar-refractivity contribution in [2.75, 3.05) is 19.6 Å². The Bertz CT molecular complexity index is 396. The van der Waals surface area contributed by atoms with Gasteiger partial charge in [0.25, 0.3) is 0 Å². The average Bonchev–Trinajstić information content (AvgIpc) is 2.49. The Kier molecular flexibility index (Phi) is 7.31. The fourth-order valence-electron chi connectivity index (χ4n) is 2.38. The van der Waals surface area contributed by atoms with Crippen LogP contribution in [0.4, 0.5) is 0 Å². The lowest BCUT2D eigenvalue weighted by Crippen LogP contribution is -2.39. The van der Waals surface area contributed by atoms with Crippen LogP contribution in [0.2, 0.25) is 0 Å². The lowest BCUT2D eigenvalue weighted by molar-refractivity contribution is -0.130. The van der Waals surface area contributed by atoms with Gasteiger partial charge >= 0.3 is 0 Å². The molecule has 0 aliphatic rings. The Labute approximate surface area is 123 Å². The van der Waals surface area contributed by atoms with Crippen LogP contribution in [0.25, 0.3) is 0 Å². The van der Waals surface area contributed by atoms with Crippen molar-refractivity contribution >= 4 is 5.91 Å². The van der Waals surface area contributed by atoms with Crippen LogP contribution in [-0.2, 0) is 11.2 Å². The molecule has 1 aromatic rings. The van der Waals surface area contributed by atoms with Gasteiger partial charge in [0.05, 0.1) is 6.54 Å². The largest absolute Gasteiger partial charge is 0.342 e. The second-order valence-electron chi connectivity index (χ2n) is 5.00. The first-order valence-corrected chi connectivity index (χ1v) is 7.76. The molecule has 0 radical (unpaired) electrons. The van der Waals surface area contributed by atoms with E-state index in [0.29, 0.717) is 6.54 Å². The number of hydrogen-bond acceptors (Lipinski definition) is 2. The molecule has 0 aliphatic heterocycles. The van der Waals surface area contributed by atoms with E-state index in [1.807, 2.05) is 18.7 Å². The number of benzene rings is 1. The Morgan fingerprint density at radius 2 is 1.70 bits per heavy atom. The van der Waals surface area contributed by atoms with E-state index in [1.54, 1.807) is 0 Å². The van der Waals surface area contributed by atoms with Gasteiger partial charge in [-0.15, -0.1) is 0 Å². The van der Waals surface area contributed by atoms with Crippen molar-refractivity contribution in [2.45, 2.75) is 46.6 Å². The highest BCUT2D eigenvalue weighted by atomic mass is 16.2. The van der Waals surface area contributed by atoms with Gasteiger partial charge in [0.2, 0.25) is 5.91 Å². The van der Waals surface area contributed by atoms with Gasteiger partial charge in [-0.05, 0) is 37.8 Å². The summed E-state index contributed by atoms with van der Waals surface area (Å²) in [5.41, 5.74) is 2.61. The molecule has 1 aromatic carbocycles. The number of rotatable bonds is 8. The monoisotopic (exact) mass is 276 g/mol. The number of carbonyl (C=O) groups excluding carboxylic acids is 1. The van der Waals surface area contributed by atoms with Gasteiger partial charge in [-0.25, -0.2) is 0 Å². The molecular formula is C17H28N2O. The van der Waals surface area contributed by atoms with E-state index in [9.17, 15) is 4.79 Å². The molecule has 3 nitrogen and oxygen atoms in total. The van der Waals surface area contributed by atoms with Gasteiger partial charge < -0.3 is 10.2 Å². The van der Waals surface area contributed by atoms with E-state index in [1.165, 1.54) is 11.1 Å². The summed E-state index contributed by atoms with van der Waals surface area (Å²) in [7, 11) is 0. The second-order valence-corrected chi connectivity index (χ2v) is 5.00. The molecule has 112 valence electrons. The molecule has 0 fully saturated rings. The summed E-state index contributed by atoms with van der Waals surface area (Å²) in [6, 6.07) is 8.93. The fourth-order valence-corrected chi connectivity index (χ4v) is 2.38. The number of carbonyl (C=O) groups is 1. The third-order valence-electron chi connectivity index (χ3n) is 3.81. The molecule has 0 aliphatic carbocycles. The molecule has 0 aromatic heterocycles. The number of amides is 1. The van der Waals surface area contributed by atoms with Crippen molar-refractivity contribution in [3.8, 4) is 0 Å². The van der Waals surface area contributed by atoms with Crippen LogP contribution in [-0.4, -0.2) is 30.4 Å². The summed E-state index contributed by atoms with van der Waals surface area (Å²) in [5.74, 6) is 0.179. The zero-order valence-corrected chi connectivity index (χ0v) is 13.3. The van der Waals surface area contributed by atoms with Gasteiger partial charge in [0, 0.05) is 19.1 Å². The Morgan fingerprint density at radius 1 is 1.10 bits per heavy atom. The zero-order chi connectivity index (χ0) is 15.0. The predicted molar refractivity (Wildman–Crippen MR) is 84.8 cm³/mol. The minimum absolute atomic E-state index is 0.179. The van der Waals surface area contributed by atoms with Crippen molar-refractivity contribution in [3.05, 3.63) is 35.4 Å². The third kappa shape index (κ3) is 4.64. The van der Waals surface area contributed by atoms with Gasteiger partial charge in [-0.2, -0.15) is 0 Å². The van der Waals surface area contributed by atoms with Crippen LogP contribution in [0.5, 0.6) is 0 Å². The van der Waals surface area contributed by atoms with Crippen molar-refractivity contribution in [1.82, 2.24) is 10.2 Å². The number of nitrogens with zero attached hydrogens (tertiary/aromatic N) is 1. The standard InChI is InChI=1S/C17H28N2O/c1-5-14-9-11-15(12-10-14)16(6-2)18-13-17(20)19(7-3)8-4/h9-12,16,18H,5-8,13H2,1-4H3. The normalized spacial score (nSPS) is 12.2. The van der Waals surface area contributed by atoms with Gasteiger partial charge in [-0.3, -0.25) is 4.79 Å². The van der Waals surface area contributed by atoms with Gasteiger partial charge in [-0.1, -0.05) is 38.1 Å². The molecule has 1 N–H and O–H groups in total. The summed E-state index contributed by atoms with van der Waals surface area (Å²) < 4.78 is 0. The first-order chi connectivity index (χ1) is 9.65. The molecule has 0 saturated heterocycles. The molecule has 0 heterocycles. The molecule has 20 heavy (non-hydrogen) atoms. The number of likely N-dealkylation sites (N-methyl/N-ethyl adjacent to an activating group) is 1. The number of aryl methyl sites for hydroxylation is 1. The van der Waals surface area contributed by atoms with E-state index >= 15 is 0 Å². The minimum atomic E-state index is 0.179. The molecule has 1 unspecified atom stereocenters. The molecule has 1 atom stereocenters. The first kappa shape index (κ1) is 16.7. The van der Waals surface area contributed by atoms with Crippen molar-refractivity contribution < 1.29 is 4.79 Å². The van der Waals surface area contributed by atoms with Crippen LogP contribution in [0.3, 0.4) is 0 Å². The maximum atomic E-state index is 12.0. The van der Waals surface area contributed by atoms with E-state index in [0.717, 1.165) is 25.9 Å². The zero-order valence-electron chi connectivity index (χ0n) is 13.3. The molecule has 0 bridgehead atoms. The van der Waals surface area contributed by atoms with E-state index in [2.05, 4.69) is 43.4 Å². The highest BCUT2D eigenvalue weighted by Crippen LogP contribution is 2.17. The lowest BCUT2D eigenvalue weighted by atomic mass is 10.0. The molecule has 1 rings (SSSR count). The van der Waals surface area contributed by atoms with Crippen LogP contribution >= 0.6 is 0 Å². The number of hydrogen-bond donors (Lipinski definition) is 1. The maximum Gasteiger partial charge on any atom is 0.236 e. The number of nitrogens with one attached hydrogen (secondary N) is 1. The molecule has 1 amide bonds. The van der Waals surface area contributed by atoms with E-state index in [4.69, 9.17) is 0 Å². The van der Waals surface area contributed by atoms with Crippen LogP contribution in [0.15, 0.2) is 24.3 Å². The molecular weight excluding hydrogens is 248 g/mol. The van der Waals surface area contributed by atoms with Crippen LogP contribution < -0.4 is 5.32 Å². The summed E-state index contributed by atoms with van der Waals surface area (Å²) in [6.45, 7) is 10.3. The third-order valence-corrected chi connectivity index (χ3v) is 3.81. The van der Waals surface area contributed by atoms with E-state index < -0.39 is 0 Å². The molecule has 3 heteroatoms. The topological polar surface area (TPSA) is 32.3 Å². The Morgan fingerprint density at radius 3 is 2.15 bits per heavy atom. The van der Waals surface area contributed by atoms with Gasteiger partial charge in [0.15, 0.2) is 0 Å².